The van der Waals surface area contributed by atoms with Crippen molar-refractivity contribution in [2.75, 3.05) is 13.7 Å². The molecule has 0 heterocycles. The fourth-order valence-electron chi connectivity index (χ4n) is 2.30. The maximum absolute atomic E-state index is 12.0. The Labute approximate surface area is 141 Å². The van der Waals surface area contributed by atoms with Crippen LogP contribution < -0.4 is 5.32 Å². The highest BCUT2D eigenvalue weighted by atomic mass is 35.5. The fourth-order valence-corrected chi connectivity index (χ4v) is 2.56. The van der Waals surface area contributed by atoms with Gasteiger partial charge in [-0.05, 0) is 11.6 Å². The highest BCUT2D eigenvalue weighted by Gasteiger charge is 2.17. The Bertz CT molecular complexity index is 633. The lowest BCUT2D eigenvalue weighted by Crippen LogP contribution is -2.30. The smallest absolute Gasteiger partial charge is 0.223 e. The molecule has 2 aromatic carbocycles. The molecular formula is C18H20ClNO3. The Morgan fingerprint density at radius 3 is 2.48 bits per heavy atom. The van der Waals surface area contributed by atoms with Crippen LogP contribution in [0.15, 0.2) is 54.6 Å². The van der Waals surface area contributed by atoms with Gasteiger partial charge in [-0.1, -0.05) is 60.1 Å². The van der Waals surface area contributed by atoms with Crippen molar-refractivity contribution < 1.29 is 14.6 Å². The molecule has 0 saturated heterocycles. The molecule has 4 nitrogen and oxygen atoms in total. The molecule has 2 atom stereocenters. The van der Waals surface area contributed by atoms with E-state index in [4.69, 9.17) is 16.3 Å². The van der Waals surface area contributed by atoms with E-state index in [0.29, 0.717) is 11.6 Å². The van der Waals surface area contributed by atoms with Crippen molar-refractivity contribution in [3.63, 3.8) is 0 Å². The van der Waals surface area contributed by atoms with E-state index in [9.17, 15) is 9.90 Å². The predicted octanol–water partition coefficient (Wildman–Crippen LogP) is 3.27. The van der Waals surface area contributed by atoms with Gasteiger partial charge in [0, 0.05) is 24.2 Å². The maximum Gasteiger partial charge on any atom is 0.223 e. The first-order chi connectivity index (χ1) is 11.1. The Balaban J connectivity index is 1.89. The summed E-state index contributed by atoms with van der Waals surface area (Å²) in [6.45, 7) is 0.292. The van der Waals surface area contributed by atoms with Gasteiger partial charge in [-0.2, -0.15) is 0 Å². The molecule has 1 amide bonds. The minimum absolute atomic E-state index is 0.00295. The number of methoxy groups -OCH3 is 1. The molecule has 2 unspecified atom stereocenters. The first-order valence-corrected chi connectivity index (χ1v) is 7.76. The van der Waals surface area contributed by atoms with E-state index >= 15 is 0 Å². The monoisotopic (exact) mass is 333 g/mol. The molecule has 2 rings (SSSR count). The second-order valence-corrected chi connectivity index (χ2v) is 5.59. The van der Waals surface area contributed by atoms with Gasteiger partial charge in [0.2, 0.25) is 5.91 Å². The minimum atomic E-state index is -0.822. The molecule has 0 fully saturated rings. The largest absolute Gasteiger partial charge is 0.388 e. The van der Waals surface area contributed by atoms with E-state index in [1.54, 1.807) is 25.3 Å². The second-order valence-electron chi connectivity index (χ2n) is 5.18. The summed E-state index contributed by atoms with van der Waals surface area (Å²) < 4.78 is 5.40. The van der Waals surface area contributed by atoms with E-state index in [2.05, 4.69) is 5.32 Å². The minimum Gasteiger partial charge on any atom is -0.388 e. The zero-order valence-corrected chi connectivity index (χ0v) is 13.7. The van der Waals surface area contributed by atoms with Gasteiger partial charge < -0.3 is 15.2 Å². The summed E-state index contributed by atoms with van der Waals surface area (Å²) in [5.41, 5.74) is 1.54. The average Bonchev–Trinajstić information content (AvgIpc) is 2.57. The van der Waals surface area contributed by atoms with Gasteiger partial charge in [0.1, 0.15) is 6.10 Å². The average molecular weight is 334 g/mol. The molecule has 23 heavy (non-hydrogen) atoms. The highest BCUT2D eigenvalue weighted by Crippen LogP contribution is 2.24. The van der Waals surface area contributed by atoms with Gasteiger partial charge in [-0.15, -0.1) is 0 Å². The lowest BCUT2D eigenvalue weighted by atomic mass is 10.1. The molecule has 0 radical (unpaired) electrons. The number of carbonyl (C=O) groups is 1. The van der Waals surface area contributed by atoms with E-state index < -0.39 is 6.10 Å². The lowest BCUT2D eigenvalue weighted by molar-refractivity contribution is -0.123. The van der Waals surface area contributed by atoms with E-state index in [1.165, 1.54) is 0 Å². The third-order valence-corrected chi connectivity index (χ3v) is 3.93. The number of hydrogen-bond acceptors (Lipinski definition) is 3. The van der Waals surface area contributed by atoms with Gasteiger partial charge in [0.05, 0.1) is 12.5 Å². The van der Waals surface area contributed by atoms with E-state index in [0.717, 1.165) is 11.1 Å². The summed E-state index contributed by atoms with van der Waals surface area (Å²) in [6.07, 6.45) is -1.15. The quantitative estimate of drug-likeness (QED) is 0.817. The molecule has 0 bridgehead atoms. The number of aliphatic hydroxyl groups excluding tert-OH is 1. The molecule has 0 aromatic heterocycles. The lowest BCUT2D eigenvalue weighted by Gasteiger charge is -2.18. The molecule has 5 heteroatoms. The van der Waals surface area contributed by atoms with Crippen molar-refractivity contribution in [2.24, 2.45) is 0 Å². The van der Waals surface area contributed by atoms with Crippen LogP contribution in [0.2, 0.25) is 5.02 Å². The van der Waals surface area contributed by atoms with Crippen molar-refractivity contribution in [3.8, 4) is 0 Å². The van der Waals surface area contributed by atoms with Crippen molar-refractivity contribution in [1.82, 2.24) is 5.32 Å². The number of benzene rings is 2. The fraction of sp³-hybridized carbons (Fsp3) is 0.278. The molecule has 0 spiro atoms. The predicted molar refractivity (Wildman–Crippen MR) is 90.2 cm³/mol. The van der Waals surface area contributed by atoms with Crippen LogP contribution in [0.25, 0.3) is 0 Å². The number of ether oxygens (including phenoxy) is 1. The van der Waals surface area contributed by atoms with E-state index in [-0.39, 0.29) is 18.4 Å². The first-order valence-electron chi connectivity index (χ1n) is 7.38. The maximum atomic E-state index is 12.0. The number of nitrogens with one attached hydrogen (secondary N) is 1. The van der Waals surface area contributed by atoms with Gasteiger partial charge in [-0.25, -0.2) is 0 Å². The van der Waals surface area contributed by atoms with Crippen LogP contribution in [-0.4, -0.2) is 24.7 Å². The number of hydrogen-bond donors (Lipinski definition) is 2. The van der Waals surface area contributed by atoms with Gasteiger partial charge >= 0.3 is 0 Å². The molecule has 0 aliphatic rings. The SMILES string of the molecule is COC(CNC(=O)CC(O)c1ccccc1)c1ccccc1Cl. The molecular weight excluding hydrogens is 314 g/mol. The van der Waals surface area contributed by atoms with Crippen LogP contribution in [0.5, 0.6) is 0 Å². The number of halogens is 1. The summed E-state index contributed by atoms with van der Waals surface area (Å²) in [6, 6.07) is 16.5. The number of rotatable bonds is 7. The molecule has 2 aromatic rings. The Kier molecular flexibility index (Phi) is 6.59. The summed E-state index contributed by atoms with van der Waals surface area (Å²) in [4.78, 5) is 12.0. The molecule has 0 aliphatic heterocycles. The Morgan fingerprint density at radius 1 is 1.17 bits per heavy atom. The number of amides is 1. The number of carbonyl (C=O) groups excluding carboxylic acids is 1. The summed E-state index contributed by atoms with van der Waals surface area (Å²) in [5.74, 6) is -0.240. The third-order valence-electron chi connectivity index (χ3n) is 3.58. The van der Waals surface area contributed by atoms with Crippen molar-refractivity contribution in [3.05, 3.63) is 70.7 Å². The van der Waals surface area contributed by atoms with Crippen LogP contribution >= 0.6 is 11.6 Å². The molecule has 0 aliphatic carbocycles. The standard InChI is InChI=1S/C18H20ClNO3/c1-23-17(14-9-5-6-10-15(14)19)12-20-18(22)11-16(21)13-7-3-2-4-8-13/h2-10,16-17,21H,11-12H2,1H3,(H,20,22). The summed E-state index contributed by atoms with van der Waals surface area (Å²) in [5, 5.41) is 13.4. The normalized spacial score (nSPS) is 13.3. The van der Waals surface area contributed by atoms with E-state index in [1.807, 2.05) is 36.4 Å². The van der Waals surface area contributed by atoms with Gasteiger partial charge in [-0.3, -0.25) is 4.79 Å². The zero-order valence-electron chi connectivity index (χ0n) is 12.9. The second kappa shape index (κ2) is 8.67. The van der Waals surface area contributed by atoms with Crippen molar-refractivity contribution in [2.45, 2.75) is 18.6 Å². The molecule has 0 saturated carbocycles. The summed E-state index contributed by atoms with van der Waals surface area (Å²) in [7, 11) is 1.57. The molecule has 2 N–H and O–H groups in total. The van der Waals surface area contributed by atoms with Crippen LogP contribution in [0, 0.1) is 0 Å². The highest BCUT2D eigenvalue weighted by molar-refractivity contribution is 6.31. The Hall–Kier alpha value is -1.88. The summed E-state index contributed by atoms with van der Waals surface area (Å²) >= 11 is 6.14. The topological polar surface area (TPSA) is 58.6 Å². The third kappa shape index (κ3) is 5.06. The van der Waals surface area contributed by atoms with Gasteiger partial charge in [0.15, 0.2) is 0 Å². The van der Waals surface area contributed by atoms with Gasteiger partial charge in [0.25, 0.3) is 0 Å². The van der Waals surface area contributed by atoms with Crippen molar-refractivity contribution in [1.29, 1.82) is 0 Å². The van der Waals surface area contributed by atoms with Crippen LogP contribution in [-0.2, 0) is 9.53 Å². The van der Waals surface area contributed by atoms with Crippen LogP contribution in [0.1, 0.15) is 29.8 Å². The first kappa shape index (κ1) is 17.5. The zero-order chi connectivity index (χ0) is 16.7. The molecule has 122 valence electrons. The van der Waals surface area contributed by atoms with Crippen LogP contribution in [0.4, 0.5) is 0 Å². The van der Waals surface area contributed by atoms with Crippen LogP contribution in [0.3, 0.4) is 0 Å². The Morgan fingerprint density at radius 2 is 1.83 bits per heavy atom. The number of aliphatic hydroxyl groups is 1. The van der Waals surface area contributed by atoms with Crippen molar-refractivity contribution >= 4 is 17.5 Å².